The van der Waals surface area contributed by atoms with Gasteiger partial charge in [-0.3, -0.25) is 4.79 Å². The Balaban J connectivity index is 1.71. The van der Waals surface area contributed by atoms with Gasteiger partial charge in [-0.15, -0.1) is 0 Å². The second-order valence-corrected chi connectivity index (χ2v) is 7.20. The highest BCUT2D eigenvalue weighted by Crippen LogP contribution is 2.27. The third-order valence-corrected chi connectivity index (χ3v) is 5.03. The van der Waals surface area contributed by atoms with Gasteiger partial charge >= 0.3 is 0 Å². The summed E-state index contributed by atoms with van der Waals surface area (Å²) in [6, 6.07) is 26.9. The van der Waals surface area contributed by atoms with E-state index in [-0.39, 0.29) is 11.9 Å². The Hall–Kier alpha value is -3.37. The number of benzene rings is 3. The van der Waals surface area contributed by atoms with Crippen LogP contribution in [0.3, 0.4) is 0 Å². The van der Waals surface area contributed by atoms with Crippen LogP contribution in [0.25, 0.3) is 16.9 Å². The summed E-state index contributed by atoms with van der Waals surface area (Å²) >= 11 is 5.97. The zero-order valence-corrected chi connectivity index (χ0v) is 16.7. The molecular formula is C24H20ClN3O. The minimum Gasteiger partial charge on any atom is -0.345 e. The Morgan fingerprint density at radius 2 is 1.55 bits per heavy atom. The van der Waals surface area contributed by atoms with Crippen molar-refractivity contribution in [3.05, 3.63) is 107 Å². The molecule has 0 fully saturated rings. The van der Waals surface area contributed by atoms with E-state index in [4.69, 9.17) is 11.6 Å². The molecule has 29 heavy (non-hydrogen) atoms. The second kappa shape index (κ2) is 8.33. The predicted octanol–water partition coefficient (Wildman–Crippen LogP) is 5.68. The number of nitrogens with one attached hydrogen (secondary N) is 1. The molecule has 0 aliphatic heterocycles. The van der Waals surface area contributed by atoms with Crippen molar-refractivity contribution in [2.45, 2.75) is 13.0 Å². The van der Waals surface area contributed by atoms with E-state index < -0.39 is 0 Å². The topological polar surface area (TPSA) is 46.9 Å². The number of amides is 1. The van der Waals surface area contributed by atoms with Gasteiger partial charge in [0.05, 0.1) is 29.2 Å². The second-order valence-electron chi connectivity index (χ2n) is 6.77. The molecule has 144 valence electrons. The lowest BCUT2D eigenvalue weighted by Gasteiger charge is -2.15. The van der Waals surface area contributed by atoms with Crippen LogP contribution in [0.4, 0.5) is 0 Å². The van der Waals surface area contributed by atoms with Crippen LogP contribution in [0, 0.1) is 0 Å². The molecule has 1 atom stereocenters. The minimum absolute atomic E-state index is 0.163. The number of hydrogen-bond acceptors (Lipinski definition) is 2. The van der Waals surface area contributed by atoms with Crippen molar-refractivity contribution in [1.82, 2.24) is 15.1 Å². The van der Waals surface area contributed by atoms with Gasteiger partial charge in [-0.1, -0.05) is 72.3 Å². The minimum atomic E-state index is -0.173. The third-order valence-electron chi connectivity index (χ3n) is 4.78. The summed E-state index contributed by atoms with van der Waals surface area (Å²) in [6.07, 6.45) is 1.62. The molecule has 0 bridgehead atoms. The number of carbonyl (C=O) groups excluding carboxylic acids is 1. The molecule has 0 radical (unpaired) electrons. The highest BCUT2D eigenvalue weighted by atomic mass is 35.5. The number of hydrogen-bond donors (Lipinski definition) is 1. The number of rotatable bonds is 5. The summed E-state index contributed by atoms with van der Waals surface area (Å²) in [4.78, 5) is 13.1. The largest absolute Gasteiger partial charge is 0.345 e. The first-order valence-corrected chi connectivity index (χ1v) is 9.76. The van der Waals surface area contributed by atoms with E-state index >= 15 is 0 Å². The van der Waals surface area contributed by atoms with E-state index in [1.807, 2.05) is 91.9 Å². The smallest absolute Gasteiger partial charge is 0.255 e. The number of halogens is 1. The lowest BCUT2D eigenvalue weighted by atomic mass is 10.1. The van der Waals surface area contributed by atoms with E-state index in [0.717, 1.165) is 22.5 Å². The summed E-state index contributed by atoms with van der Waals surface area (Å²) in [7, 11) is 0. The Labute approximate surface area is 174 Å². The van der Waals surface area contributed by atoms with Crippen LogP contribution in [0.15, 0.2) is 91.1 Å². The molecule has 4 rings (SSSR count). The average Bonchev–Trinajstić information content (AvgIpc) is 3.21. The Kier molecular flexibility index (Phi) is 5.45. The quantitative estimate of drug-likeness (QED) is 0.467. The first-order valence-electron chi connectivity index (χ1n) is 9.38. The number of carbonyl (C=O) groups is 1. The van der Waals surface area contributed by atoms with Gasteiger partial charge in [-0.2, -0.15) is 5.10 Å². The highest BCUT2D eigenvalue weighted by Gasteiger charge is 2.21. The molecule has 4 aromatic rings. The molecule has 1 aromatic heterocycles. The fraction of sp³-hybridized carbons (Fsp3) is 0.0833. The molecule has 1 unspecified atom stereocenters. The van der Waals surface area contributed by atoms with Gasteiger partial charge in [-0.25, -0.2) is 4.68 Å². The Morgan fingerprint density at radius 1 is 0.931 bits per heavy atom. The van der Waals surface area contributed by atoms with E-state index in [0.29, 0.717) is 10.6 Å². The number of aromatic nitrogens is 2. The fourth-order valence-electron chi connectivity index (χ4n) is 3.26. The third kappa shape index (κ3) is 4.08. The van der Waals surface area contributed by atoms with Gasteiger partial charge in [-0.05, 0) is 36.8 Å². The standard InChI is InChI=1S/C24H20ClN3O/c1-17(18-12-14-20(25)15-13-18)27-24(29)22-16-26-28(21-10-6-3-7-11-21)23(22)19-8-4-2-5-9-19/h2-17H,1H3,(H,27,29). The summed E-state index contributed by atoms with van der Waals surface area (Å²) in [5.41, 5.74) is 4.10. The summed E-state index contributed by atoms with van der Waals surface area (Å²) in [5.74, 6) is -0.173. The van der Waals surface area contributed by atoms with Crippen LogP contribution < -0.4 is 5.32 Å². The fourth-order valence-corrected chi connectivity index (χ4v) is 3.39. The molecule has 0 spiro atoms. The number of nitrogens with zero attached hydrogens (tertiary/aromatic N) is 2. The van der Waals surface area contributed by atoms with Gasteiger partial charge in [0.1, 0.15) is 0 Å². The molecule has 4 nitrogen and oxygen atoms in total. The van der Waals surface area contributed by atoms with E-state index in [1.54, 1.807) is 10.9 Å². The van der Waals surface area contributed by atoms with Gasteiger partial charge in [0.2, 0.25) is 0 Å². The van der Waals surface area contributed by atoms with Crippen molar-refractivity contribution in [3.8, 4) is 16.9 Å². The van der Waals surface area contributed by atoms with Crippen molar-refractivity contribution >= 4 is 17.5 Å². The molecule has 1 amide bonds. The normalized spacial score (nSPS) is 11.8. The van der Waals surface area contributed by atoms with Gasteiger partial charge in [0.25, 0.3) is 5.91 Å². The first kappa shape index (κ1) is 19.0. The van der Waals surface area contributed by atoms with Crippen LogP contribution in [0.1, 0.15) is 28.9 Å². The van der Waals surface area contributed by atoms with Crippen molar-refractivity contribution in [3.63, 3.8) is 0 Å². The summed E-state index contributed by atoms with van der Waals surface area (Å²) < 4.78 is 1.80. The SMILES string of the molecule is CC(NC(=O)c1cnn(-c2ccccc2)c1-c1ccccc1)c1ccc(Cl)cc1. The average molecular weight is 402 g/mol. The molecule has 1 N–H and O–H groups in total. The van der Waals surface area contributed by atoms with Crippen LogP contribution in [-0.2, 0) is 0 Å². The van der Waals surface area contributed by atoms with Crippen LogP contribution in [-0.4, -0.2) is 15.7 Å². The van der Waals surface area contributed by atoms with Crippen molar-refractivity contribution in [2.75, 3.05) is 0 Å². The Bertz CT molecular complexity index is 1110. The zero-order chi connectivity index (χ0) is 20.2. The maximum atomic E-state index is 13.1. The summed E-state index contributed by atoms with van der Waals surface area (Å²) in [5, 5.41) is 8.25. The highest BCUT2D eigenvalue weighted by molar-refractivity contribution is 6.30. The van der Waals surface area contributed by atoms with E-state index in [2.05, 4.69) is 10.4 Å². The zero-order valence-electron chi connectivity index (χ0n) is 15.9. The van der Waals surface area contributed by atoms with Crippen molar-refractivity contribution < 1.29 is 4.79 Å². The van der Waals surface area contributed by atoms with Crippen LogP contribution in [0.5, 0.6) is 0 Å². The van der Waals surface area contributed by atoms with Crippen LogP contribution in [0.2, 0.25) is 5.02 Å². The van der Waals surface area contributed by atoms with Gasteiger partial charge < -0.3 is 5.32 Å². The lowest BCUT2D eigenvalue weighted by Crippen LogP contribution is -2.26. The molecule has 3 aromatic carbocycles. The predicted molar refractivity (Wildman–Crippen MR) is 116 cm³/mol. The molecule has 0 aliphatic carbocycles. The maximum absolute atomic E-state index is 13.1. The molecule has 5 heteroatoms. The monoisotopic (exact) mass is 401 g/mol. The molecular weight excluding hydrogens is 382 g/mol. The number of para-hydroxylation sites is 1. The van der Waals surface area contributed by atoms with Crippen molar-refractivity contribution in [2.24, 2.45) is 0 Å². The molecule has 0 aliphatic rings. The van der Waals surface area contributed by atoms with Crippen molar-refractivity contribution in [1.29, 1.82) is 0 Å². The van der Waals surface area contributed by atoms with E-state index in [9.17, 15) is 4.79 Å². The first-order chi connectivity index (χ1) is 14.1. The maximum Gasteiger partial charge on any atom is 0.255 e. The summed E-state index contributed by atoms with van der Waals surface area (Å²) in [6.45, 7) is 1.95. The Morgan fingerprint density at radius 3 is 2.21 bits per heavy atom. The molecule has 0 saturated heterocycles. The van der Waals surface area contributed by atoms with Gasteiger partial charge in [0.15, 0.2) is 0 Å². The lowest BCUT2D eigenvalue weighted by molar-refractivity contribution is 0.0940. The molecule has 0 saturated carbocycles. The van der Waals surface area contributed by atoms with Crippen LogP contribution >= 0.6 is 11.6 Å². The molecule has 1 heterocycles. The van der Waals surface area contributed by atoms with Gasteiger partial charge in [0, 0.05) is 10.6 Å². The van der Waals surface area contributed by atoms with E-state index in [1.165, 1.54) is 0 Å².